The third-order valence-electron chi connectivity index (χ3n) is 1.93. The van der Waals surface area contributed by atoms with Crippen LogP contribution in [0.4, 0.5) is 14.6 Å². The molecule has 0 atom stereocenters. The van der Waals surface area contributed by atoms with E-state index >= 15 is 0 Å². The molecule has 0 spiro atoms. The van der Waals surface area contributed by atoms with Gasteiger partial charge >= 0.3 is 5.97 Å². The van der Waals surface area contributed by atoms with Crippen molar-refractivity contribution in [1.29, 1.82) is 0 Å². The number of alkyl halides is 2. The zero-order valence-corrected chi connectivity index (χ0v) is 10.6. The van der Waals surface area contributed by atoms with Gasteiger partial charge in [-0.1, -0.05) is 0 Å². The Kier molecular flexibility index (Phi) is 4.80. The van der Waals surface area contributed by atoms with Crippen molar-refractivity contribution >= 4 is 27.7 Å². The summed E-state index contributed by atoms with van der Waals surface area (Å²) >= 11 is 2.99. The van der Waals surface area contributed by atoms with Gasteiger partial charge < -0.3 is 10.5 Å². The van der Waals surface area contributed by atoms with Crippen LogP contribution in [0.3, 0.4) is 0 Å². The summed E-state index contributed by atoms with van der Waals surface area (Å²) in [5, 5.41) is 0. The number of hydrogen-bond donors (Lipinski definition) is 1. The van der Waals surface area contributed by atoms with Crippen LogP contribution in [-0.2, 0) is 16.0 Å². The molecule has 0 aliphatic heterocycles. The van der Waals surface area contributed by atoms with Crippen LogP contribution in [0, 0.1) is 0 Å². The summed E-state index contributed by atoms with van der Waals surface area (Å²) in [6.45, 7) is 1.90. The van der Waals surface area contributed by atoms with E-state index in [1.807, 2.05) is 0 Å². The fourth-order valence-electron chi connectivity index (χ4n) is 1.27. The maximum absolute atomic E-state index is 12.6. The molecule has 0 radical (unpaired) electrons. The molecule has 1 aromatic heterocycles. The van der Waals surface area contributed by atoms with Crippen LogP contribution in [-0.4, -0.2) is 17.6 Å². The molecule has 0 saturated heterocycles. The van der Waals surface area contributed by atoms with Crippen LogP contribution in [0.15, 0.2) is 10.5 Å². The van der Waals surface area contributed by atoms with Crippen LogP contribution in [0.2, 0.25) is 0 Å². The standard InChI is InChI=1S/C10H11BrF2N2O2/c1-2-17-7(16)4-5-3-6(14)15-9(8(5)11)10(12)13/h3,10H,2,4H2,1H3,(H2,14,15). The Morgan fingerprint density at radius 2 is 2.29 bits per heavy atom. The number of nitrogens with zero attached hydrogens (tertiary/aromatic N) is 1. The molecule has 1 aromatic rings. The van der Waals surface area contributed by atoms with E-state index in [0.29, 0.717) is 5.56 Å². The predicted molar refractivity (Wildman–Crippen MR) is 61.6 cm³/mol. The molecule has 0 saturated carbocycles. The molecule has 0 amide bonds. The normalized spacial score (nSPS) is 10.6. The fourth-order valence-corrected chi connectivity index (χ4v) is 1.78. The molecule has 4 nitrogen and oxygen atoms in total. The van der Waals surface area contributed by atoms with Crippen molar-refractivity contribution in [2.24, 2.45) is 0 Å². The second-order valence-corrected chi connectivity index (χ2v) is 3.98. The van der Waals surface area contributed by atoms with Crippen molar-refractivity contribution in [1.82, 2.24) is 4.98 Å². The number of halogens is 3. The number of hydrogen-bond acceptors (Lipinski definition) is 4. The zero-order valence-electron chi connectivity index (χ0n) is 9.04. The second kappa shape index (κ2) is 5.90. The van der Waals surface area contributed by atoms with Gasteiger partial charge in [0, 0.05) is 4.47 Å². The topological polar surface area (TPSA) is 65.2 Å². The predicted octanol–water partition coefficient (Wildman–Crippen LogP) is 2.47. The first-order valence-electron chi connectivity index (χ1n) is 4.84. The lowest BCUT2D eigenvalue weighted by atomic mass is 10.1. The molecule has 0 bridgehead atoms. The highest BCUT2D eigenvalue weighted by molar-refractivity contribution is 9.10. The summed E-state index contributed by atoms with van der Waals surface area (Å²) in [4.78, 5) is 14.8. The summed E-state index contributed by atoms with van der Waals surface area (Å²) in [5.74, 6) is -0.554. The zero-order chi connectivity index (χ0) is 13.0. The largest absolute Gasteiger partial charge is 0.466 e. The molecule has 1 rings (SSSR count). The number of pyridine rings is 1. The number of ether oxygens (including phenoxy) is 1. The molecular weight excluding hydrogens is 298 g/mol. The molecule has 0 aliphatic carbocycles. The molecule has 7 heteroatoms. The van der Waals surface area contributed by atoms with Crippen molar-refractivity contribution < 1.29 is 18.3 Å². The minimum atomic E-state index is -2.76. The van der Waals surface area contributed by atoms with E-state index in [2.05, 4.69) is 20.9 Å². The average Bonchev–Trinajstić information content (AvgIpc) is 2.22. The van der Waals surface area contributed by atoms with Gasteiger partial charge in [0.2, 0.25) is 0 Å². The molecule has 17 heavy (non-hydrogen) atoms. The maximum atomic E-state index is 12.6. The van der Waals surface area contributed by atoms with Crippen molar-refractivity contribution in [3.63, 3.8) is 0 Å². The van der Waals surface area contributed by atoms with Gasteiger partial charge in [-0.25, -0.2) is 13.8 Å². The SMILES string of the molecule is CCOC(=O)Cc1cc(N)nc(C(F)F)c1Br. The van der Waals surface area contributed by atoms with Gasteiger partial charge in [-0.3, -0.25) is 4.79 Å². The number of esters is 1. The van der Waals surface area contributed by atoms with Gasteiger partial charge in [0.15, 0.2) is 0 Å². The lowest BCUT2D eigenvalue weighted by molar-refractivity contribution is -0.142. The van der Waals surface area contributed by atoms with Gasteiger partial charge in [0.05, 0.1) is 13.0 Å². The Bertz CT molecular complexity index is 427. The number of carbonyl (C=O) groups is 1. The number of anilines is 1. The van der Waals surface area contributed by atoms with E-state index in [-0.39, 0.29) is 23.3 Å². The molecule has 94 valence electrons. The van der Waals surface area contributed by atoms with Crippen LogP contribution in [0.5, 0.6) is 0 Å². The summed E-state index contributed by atoms with van der Waals surface area (Å²) in [5.41, 5.74) is 5.27. The minimum absolute atomic E-state index is 0.0530. The van der Waals surface area contributed by atoms with Crippen molar-refractivity contribution in [2.75, 3.05) is 12.3 Å². The van der Waals surface area contributed by atoms with Crippen molar-refractivity contribution in [2.45, 2.75) is 19.8 Å². The molecule has 1 heterocycles. The monoisotopic (exact) mass is 308 g/mol. The highest BCUT2D eigenvalue weighted by atomic mass is 79.9. The molecule has 0 unspecified atom stereocenters. The van der Waals surface area contributed by atoms with Gasteiger partial charge in [-0.05, 0) is 34.5 Å². The Morgan fingerprint density at radius 1 is 1.65 bits per heavy atom. The van der Waals surface area contributed by atoms with Crippen LogP contribution >= 0.6 is 15.9 Å². The molecule has 2 N–H and O–H groups in total. The Morgan fingerprint density at radius 3 is 2.82 bits per heavy atom. The summed E-state index contributed by atoms with van der Waals surface area (Å²) in [6, 6.07) is 1.37. The minimum Gasteiger partial charge on any atom is -0.466 e. The van der Waals surface area contributed by atoms with Crippen molar-refractivity contribution in [3.8, 4) is 0 Å². The third kappa shape index (κ3) is 3.62. The van der Waals surface area contributed by atoms with Crippen LogP contribution in [0.25, 0.3) is 0 Å². The van der Waals surface area contributed by atoms with Gasteiger partial charge in [-0.2, -0.15) is 0 Å². The third-order valence-corrected chi connectivity index (χ3v) is 2.84. The lowest BCUT2D eigenvalue weighted by Gasteiger charge is -2.09. The molecular formula is C10H11BrF2N2O2. The highest BCUT2D eigenvalue weighted by Gasteiger charge is 2.19. The highest BCUT2D eigenvalue weighted by Crippen LogP contribution is 2.30. The first-order chi connectivity index (χ1) is 7.95. The number of rotatable bonds is 4. The number of carbonyl (C=O) groups excluding carboxylic acids is 1. The van der Waals surface area contributed by atoms with E-state index in [1.54, 1.807) is 6.92 Å². The summed E-state index contributed by atoms with van der Waals surface area (Å²) < 4.78 is 30.0. The van der Waals surface area contributed by atoms with E-state index in [1.165, 1.54) is 6.07 Å². The van der Waals surface area contributed by atoms with Crippen molar-refractivity contribution in [3.05, 3.63) is 21.8 Å². The smallest absolute Gasteiger partial charge is 0.310 e. The van der Waals surface area contributed by atoms with E-state index in [9.17, 15) is 13.6 Å². The Hall–Kier alpha value is -1.24. The van der Waals surface area contributed by atoms with Crippen LogP contribution in [0.1, 0.15) is 24.6 Å². The van der Waals surface area contributed by atoms with Gasteiger partial charge in [0.25, 0.3) is 6.43 Å². The summed E-state index contributed by atoms with van der Waals surface area (Å²) in [7, 11) is 0. The molecule has 0 aromatic carbocycles. The first kappa shape index (κ1) is 13.8. The summed E-state index contributed by atoms with van der Waals surface area (Å²) in [6.07, 6.45) is -2.88. The average molecular weight is 309 g/mol. The Labute approximate surface area is 105 Å². The first-order valence-corrected chi connectivity index (χ1v) is 5.63. The van der Waals surface area contributed by atoms with E-state index in [4.69, 9.17) is 10.5 Å². The van der Waals surface area contributed by atoms with E-state index < -0.39 is 18.1 Å². The van der Waals surface area contributed by atoms with Gasteiger partial charge in [0.1, 0.15) is 11.5 Å². The van der Waals surface area contributed by atoms with Gasteiger partial charge in [-0.15, -0.1) is 0 Å². The Balaban J connectivity index is 3.03. The molecule has 0 fully saturated rings. The molecule has 0 aliphatic rings. The maximum Gasteiger partial charge on any atom is 0.310 e. The van der Waals surface area contributed by atoms with E-state index in [0.717, 1.165) is 0 Å². The van der Waals surface area contributed by atoms with Crippen LogP contribution < -0.4 is 5.73 Å². The number of aromatic nitrogens is 1. The number of nitrogen functional groups attached to an aromatic ring is 1. The lowest BCUT2D eigenvalue weighted by Crippen LogP contribution is -2.10. The quantitative estimate of drug-likeness (QED) is 0.868. The second-order valence-electron chi connectivity index (χ2n) is 3.19. The number of nitrogens with two attached hydrogens (primary N) is 1. The fraction of sp³-hybridized carbons (Fsp3) is 0.400.